The van der Waals surface area contributed by atoms with Crippen molar-refractivity contribution in [3.8, 4) is 16.9 Å². The lowest BCUT2D eigenvalue weighted by atomic mass is 10.0. The molecule has 1 aliphatic rings. The van der Waals surface area contributed by atoms with Gasteiger partial charge >= 0.3 is 0 Å². The van der Waals surface area contributed by atoms with Crippen LogP contribution in [0, 0.1) is 0 Å². The minimum absolute atomic E-state index is 0.0200. The molecular weight excluding hydrogens is 342 g/mol. The molecule has 0 aliphatic carbocycles. The fraction of sp³-hybridized carbons (Fsp3) is 0.250. The number of aromatic nitrogens is 3. The number of aromatic amines is 1. The van der Waals surface area contributed by atoms with Crippen molar-refractivity contribution >= 4 is 11.7 Å². The Morgan fingerprint density at radius 1 is 1.30 bits per heavy atom. The Morgan fingerprint density at radius 3 is 2.96 bits per heavy atom. The third kappa shape index (κ3) is 3.62. The van der Waals surface area contributed by atoms with Crippen LogP contribution in [0.25, 0.3) is 11.1 Å². The van der Waals surface area contributed by atoms with E-state index in [0.29, 0.717) is 18.1 Å². The van der Waals surface area contributed by atoms with Crippen LogP contribution >= 0.6 is 0 Å². The lowest BCUT2D eigenvalue weighted by molar-refractivity contribution is -0.134. The van der Waals surface area contributed by atoms with Gasteiger partial charge in [-0.3, -0.25) is 9.89 Å². The van der Waals surface area contributed by atoms with Crippen LogP contribution in [0.3, 0.4) is 0 Å². The third-order valence-corrected chi connectivity index (χ3v) is 4.77. The summed E-state index contributed by atoms with van der Waals surface area (Å²) in [5.41, 5.74) is 8.62. The third-order valence-electron chi connectivity index (χ3n) is 4.77. The number of rotatable bonds is 5. The number of H-pyrrole nitrogens is 1. The average molecular weight is 363 g/mol. The quantitative estimate of drug-likeness (QED) is 0.726. The Hall–Kier alpha value is -3.35. The molecule has 27 heavy (non-hydrogen) atoms. The van der Waals surface area contributed by atoms with Crippen LogP contribution in [-0.4, -0.2) is 39.1 Å². The number of hydrogen-bond donors (Lipinski definition) is 2. The van der Waals surface area contributed by atoms with Crippen LogP contribution in [0.15, 0.2) is 54.9 Å². The molecule has 1 aliphatic heterocycles. The molecule has 4 rings (SSSR count). The second kappa shape index (κ2) is 7.49. The summed E-state index contributed by atoms with van der Waals surface area (Å²) < 4.78 is 5.63. The molecule has 1 amide bonds. The summed E-state index contributed by atoms with van der Waals surface area (Å²) in [4.78, 5) is 18.7. The zero-order valence-electron chi connectivity index (χ0n) is 14.8. The Kier molecular flexibility index (Phi) is 4.74. The number of ether oxygens (including phenoxy) is 1. The minimum atomic E-state index is -0.0521. The number of pyridine rings is 1. The highest BCUT2D eigenvalue weighted by Crippen LogP contribution is 2.36. The number of hydrogen-bond acceptors (Lipinski definition) is 5. The molecule has 0 spiro atoms. The summed E-state index contributed by atoms with van der Waals surface area (Å²) in [7, 11) is 0. The van der Waals surface area contributed by atoms with Crippen LogP contribution in [0.2, 0.25) is 0 Å². The molecule has 7 nitrogen and oxygen atoms in total. The fourth-order valence-corrected chi connectivity index (χ4v) is 3.51. The highest BCUT2D eigenvalue weighted by molar-refractivity contribution is 5.79. The van der Waals surface area contributed by atoms with Crippen molar-refractivity contribution in [2.24, 2.45) is 0 Å². The van der Waals surface area contributed by atoms with Crippen molar-refractivity contribution in [1.82, 2.24) is 20.1 Å². The average Bonchev–Trinajstić information content (AvgIpc) is 3.36. The number of carbonyl (C=O) groups excluding carboxylic acids is 1. The van der Waals surface area contributed by atoms with Gasteiger partial charge in [-0.2, -0.15) is 5.10 Å². The largest absolute Gasteiger partial charge is 0.484 e. The Bertz CT molecular complexity index is 925. The van der Waals surface area contributed by atoms with E-state index in [4.69, 9.17) is 10.5 Å². The first kappa shape index (κ1) is 17.1. The number of carbonyl (C=O) groups is 1. The standard InChI is InChI=1S/C20H21N5O2/c21-18-11-14(8-9-22-18)16-12-23-24-20(16)17-7-4-10-25(17)19(26)13-27-15-5-2-1-3-6-15/h1-3,5-6,8-9,11-12,17H,4,7,10,13H2,(H2,21,22)(H,23,24)/t17-/m1/s1. The van der Waals surface area contributed by atoms with Crippen LogP contribution in [0.4, 0.5) is 5.82 Å². The molecule has 1 saturated heterocycles. The molecule has 0 radical (unpaired) electrons. The first-order valence-electron chi connectivity index (χ1n) is 8.95. The number of anilines is 1. The van der Waals surface area contributed by atoms with E-state index in [-0.39, 0.29) is 18.6 Å². The summed E-state index contributed by atoms with van der Waals surface area (Å²) in [6, 6.07) is 13.0. The lowest BCUT2D eigenvalue weighted by Crippen LogP contribution is -2.34. The van der Waals surface area contributed by atoms with Crippen molar-refractivity contribution < 1.29 is 9.53 Å². The van der Waals surface area contributed by atoms with E-state index >= 15 is 0 Å². The van der Waals surface area contributed by atoms with Crippen molar-refractivity contribution in [2.75, 3.05) is 18.9 Å². The smallest absolute Gasteiger partial charge is 0.261 e. The number of para-hydroxylation sites is 1. The van der Waals surface area contributed by atoms with Gasteiger partial charge in [0.2, 0.25) is 0 Å². The highest BCUT2D eigenvalue weighted by Gasteiger charge is 2.33. The Labute approximate surface area is 157 Å². The van der Waals surface area contributed by atoms with Crippen molar-refractivity contribution in [1.29, 1.82) is 0 Å². The topological polar surface area (TPSA) is 97.1 Å². The maximum atomic E-state index is 12.8. The summed E-state index contributed by atoms with van der Waals surface area (Å²) in [6.45, 7) is 0.727. The number of nitrogens with zero attached hydrogens (tertiary/aromatic N) is 3. The molecule has 1 atom stereocenters. The maximum absolute atomic E-state index is 12.8. The predicted molar refractivity (Wildman–Crippen MR) is 102 cm³/mol. The monoisotopic (exact) mass is 363 g/mol. The second-order valence-electron chi connectivity index (χ2n) is 6.51. The van der Waals surface area contributed by atoms with Crippen molar-refractivity contribution in [2.45, 2.75) is 18.9 Å². The molecule has 1 fully saturated rings. The van der Waals surface area contributed by atoms with Crippen LogP contribution in [0.5, 0.6) is 5.75 Å². The van der Waals surface area contributed by atoms with E-state index < -0.39 is 0 Å². The second-order valence-corrected chi connectivity index (χ2v) is 6.51. The van der Waals surface area contributed by atoms with E-state index in [2.05, 4.69) is 15.2 Å². The zero-order valence-corrected chi connectivity index (χ0v) is 14.8. The number of benzene rings is 1. The molecule has 3 aromatic rings. The fourth-order valence-electron chi connectivity index (χ4n) is 3.51. The molecule has 0 unspecified atom stereocenters. The number of nitrogens with one attached hydrogen (secondary N) is 1. The van der Waals surface area contributed by atoms with Gasteiger partial charge in [0.05, 0.1) is 17.9 Å². The summed E-state index contributed by atoms with van der Waals surface area (Å²) in [5.74, 6) is 1.11. The van der Waals surface area contributed by atoms with Crippen molar-refractivity contribution in [3.05, 3.63) is 60.6 Å². The van der Waals surface area contributed by atoms with Gasteiger partial charge in [0, 0.05) is 18.3 Å². The van der Waals surface area contributed by atoms with E-state index in [1.54, 1.807) is 12.4 Å². The van der Waals surface area contributed by atoms with Gasteiger partial charge in [0.15, 0.2) is 6.61 Å². The van der Waals surface area contributed by atoms with Crippen molar-refractivity contribution in [3.63, 3.8) is 0 Å². The van der Waals surface area contributed by atoms with Gasteiger partial charge in [-0.1, -0.05) is 18.2 Å². The predicted octanol–water partition coefficient (Wildman–Crippen LogP) is 2.80. The van der Waals surface area contributed by atoms with Gasteiger partial charge in [-0.25, -0.2) is 4.98 Å². The molecule has 7 heteroatoms. The number of likely N-dealkylation sites (tertiary alicyclic amines) is 1. The van der Waals surface area contributed by atoms with Gasteiger partial charge in [0.1, 0.15) is 11.6 Å². The highest BCUT2D eigenvalue weighted by atomic mass is 16.5. The summed E-state index contributed by atoms with van der Waals surface area (Å²) in [6.07, 6.45) is 5.27. The molecule has 0 saturated carbocycles. The van der Waals surface area contributed by atoms with E-state index in [0.717, 1.165) is 29.7 Å². The summed E-state index contributed by atoms with van der Waals surface area (Å²) >= 11 is 0. The van der Waals surface area contributed by atoms with Gasteiger partial charge in [-0.15, -0.1) is 0 Å². The van der Waals surface area contributed by atoms with Gasteiger partial charge in [-0.05, 0) is 42.7 Å². The van der Waals surface area contributed by atoms with E-state index in [1.807, 2.05) is 47.4 Å². The first-order chi connectivity index (χ1) is 13.2. The zero-order chi connectivity index (χ0) is 18.6. The van der Waals surface area contributed by atoms with E-state index in [9.17, 15) is 4.79 Å². The molecule has 3 heterocycles. The number of nitrogen functional groups attached to an aromatic ring is 1. The van der Waals surface area contributed by atoms with Crippen LogP contribution in [0.1, 0.15) is 24.6 Å². The first-order valence-corrected chi connectivity index (χ1v) is 8.95. The summed E-state index contributed by atoms with van der Waals surface area (Å²) in [5, 5.41) is 7.28. The Morgan fingerprint density at radius 2 is 2.15 bits per heavy atom. The molecule has 0 bridgehead atoms. The SMILES string of the molecule is Nc1cc(-c2cn[nH]c2[C@H]2CCCN2C(=O)COc2ccccc2)ccn1. The Balaban J connectivity index is 1.52. The maximum Gasteiger partial charge on any atom is 0.261 e. The molecule has 3 N–H and O–H groups in total. The number of nitrogens with two attached hydrogens (primary N) is 1. The molecule has 138 valence electrons. The molecule has 2 aromatic heterocycles. The van der Waals surface area contributed by atoms with E-state index in [1.165, 1.54) is 0 Å². The van der Waals surface area contributed by atoms with Gasteiger partial charge in [0.25, 0.3) is 5.91 Å². The number of amides is 1. The van der Waals surface area contributed by atoms with Crippen LogP contribution < -0.4 is 10.5 Å². The minimum Gasteiger partial charge on any atom is -0.484 e. The molecular formula is C20H21N5O2. The van der Waals surface area contributed by atoms with Crippen LogP contribution in [-0.2, 0) is 4.79 Å². The normalized spacial score (nSPS) is 16.4. The van der Waals surface area contributed by atoms with Gasteiger partial charge < -0.3 is 15.4 Å². The molecule has 1 aromatic carbocycles. The lowest BCUT2D eigenvalue weighted by Gasteiger charge is -2.25.